The Bertz CT molecular complexity index is 940. The number of ether oxygens (including phenoxy) is 1. The number of hydrogen-bond acceptors (Lipinski definition) is 4. The van der Waals surface area contributed by atoms with Gasteiger partial charge in [0.1, 0.15) is 10.2 Å². The average Bonchev–Trinajstić information content (AvgIpc) is 2.77. The first kappa shape index (κ1) is 25.7. The Hall–Kier alpha value is -2.59. The third kappa shape index (κ3) is 5.80. The average molecular weight is 516 g/mol. The van der Waals surface area contributed by atoms with Crippen LogP contribution in [0.2, 0.25) is 0 Å². The highest BCUT2D eigenvalue weighted by molar-refractivity contribution is 9.12. The molecule has 0 aromatic heterocycles. The van der Waals surface area contributed by atoms with E-state index in [4.69, 9.17) is 10.5 Å². The van der Waals surface area contributed by atoms with Gasteiger partial charge in [0.25, 0.3) is 11.8 Å². The molecule has 1 heterocycles. The molecule has 0 spiro atoms. The van der Waals surface area contributed by atoms with Crippen molar-refractivity contribution in [3.05, 3.63) is 63.9 Å². The molecule has 1 aromatic carbocycles. The number of allylic oxidation sites excluding steroid dienone is 3. The number of methoxy groups -OCH3 is 1. The summed E-state index contributed by atoms with van der Waals surface area (Å²) < 4.78 is 42.9. The van der Waals surface area contributed by atoms with Gasteiger partial charge < -0.3 is 20.3 Å². The van der Waals surface area contributed by atoms with Crippen molar-refractivity contribution < 1.29 is 27.5 Å². The molecule has 2 rings (SSSR count). The number of alkyl halides is 3. The minimum atomic E-state index is -4.83. The van der Waals surface area contributed by atoms with E-state index in [0.717, 1.165) is 5.56 Å². The molecule has 2 N–H and O–H groups in total. The van der Waals surface area contributed by atoms with E-state index in [-0.39, 0.29) is 5.91 Å². The summed E-state index contributed by atoms with van der Waals surface area (Å²) in [4.78, 5) is 28.1. The highest BCUT2D eigenvalue weighted by atomic mass is 79.9. The first-order valence-electron chi connectivity index (χ1n) is 9.85. The third-order valence-corrected chi connectivity index (χ3v) is 5.82. The number of carbonyl (C=O) groups is 2. The fraction of sp³-hybridized carbons (Fsp3) is 0.364. The van der Waals surface area contributed by atoms with Crippen LogP contribution >= 0.6 is 15.9 Å². The summed E-state index contributed by atoms with van der Waals surface area (Å²) in [5, 5.41) is 0. The molecule has 0 fully saturated rings. The lowest BCUT2D eigenvalue weighted by atomic mass is 9.95. The minimum Gasteiger partial charge on any atom is -0.394 e. The smallest absolute Gasteiger partial charge is 0.394 e. The molecular weight excluding hydrogens is 491 g/mol. The summed E-state index contributed by atoms with van der Waals surface area (Å²) in [6, 6.07) is 6.30. The molecule has 0 bridgehead atoms. The van der Waals surface area contributed by atoms with Crippen LogP contribution in [0.25, 0.3) is 5.57 Å². The van der Waals surface area contributed by atoms with Crippen molar-refractivity contribution in [2.75, 3.05) is 26.8 Å². The van der Waals surface area contributed by atoms with Crippen molar-refractivity contribution in [2.45, 2.75) is 26.1 Å². The van der Waals surface area contributed by atoms with Gasteiger partial charge in [0.2, 0.25) is 0 Å². The number of hydrogen-bond donors (Lipinski definition) is 1. The Morgan fingerprint density at radius 3 is 2.41 bits per heavy atom. The minimum absolute atomic E-state index is 0.129. The number of rotatable bonds is 7. The fourth-order valence-corrected chi connectivity index (χ4v) is 3.61. The van der Waals surface area contributed by atoms with Gasteiger partial charge in [-0.1, -0.05) is 18.2 Å². The summed E-state index contributed by atoms with van der Waals surface area (Å²) in [7, 11) is 1.57. The molecule has 10 heteroatoms. The van der Waals surface area contributed by atoms with Crippen molar-refractivity contribution in [1.29, 1.82) is 0 Å². The third-order valence-electron chi connectivity index (χ3n) is 5.05. The summed E-state index contributed by atoms with van der Waals surface area (Å²) >= 11 is 2.69. The first-order chi connectivity index (χ1) is 15.0. The molecule has 0 radical (unpaired) electrons. The zero-order valence-corrected chi connectivity index (χ0v) is 19.5. The summed E-state index contributed by atoms with van der Waals surface area (Å²) in [6.45, 7) is 5.02. The van der Waals surface area contributed by atoms with E-state index in [9.17, 15) is 22.8 Å². The van der Waals surface area contributed by atoms with Gasteiger partial charge in [-0.3, -0.25) is 9.59 Å². The van der Waals surface area contributed by atoms with E-state index in [1.54, 1.807) is 55.4 Å². The number of halogens is 4. The first-order valence-corrected chi connectivity index (χ1v) is 10.6. The fourth-order valence-electron chi connectivity index (χ4n) is 3.18. The van der Waals surface area contributed by atoms with Crippen molar-refractivity contribution in [3.63, 3.8) is 0 Å². The van der Waals surface area contributed by atoms with Gasteiger partial charge in [-0.2, -0.15) is 13.2 Å². The van der Waals surface area contributed by atoms with Gasteiger partial charge in [0.05, 0.1) is 12.6 Å². The van der Waals surface area contributed by atoms with Crippen molar-refractivity contribution >= 4 is 33.3 Å². The van der Waals surface area contributed by atoms with E-state index in [1.165, 1.54) is 11.1 Å². The number of carbonyl (C=O) groups excluding carboxylic acids is 2. The van der Waals surface area contributed by atoms with E-state index >= 15 is 0 Å². The second kappa shape index (κ2) is 10.8. The summed E-state index contributed by atoms with van der Waals surface area (Å²) in [5.41, 5.74) is 5.54. The lowest BCUT2D eigenvalue weighted by Gasteiger charge is -2.31. The summed E-state index contributed by atoms with van der Waals surface area (Å²) in [5.74, 6) is -1.03. The molecule has 174 valence electrons. The maximum atomic E-state index is 12.9. The maximum absolute atomic E-state index is 12.9. The molecule has 0 saturated heterocycles. The highest BCUT2D eigenvalue weighted by Gasteiger charge is 2.37. The predicted octanol–water partition coefficient (Wildman–Crippen LogP) is 4.05. The molecule has 32 heavy (non-hydrogen) atoms. The molecule has 6 nitrogen and oxygen atoms in total. The van der Waals surface area contributed by atoms with Crippen molar-refractivity contribution in [3.8, 4) is 0 Å². The Balaban J connectivity index is 2.23. The molecule has 0 aliphatic carbocycles. The predicted molar refractivity (Wildman–Crippen MR) is 120 cm³/mol. The molecule has 0 saturated carbocycles. The van der Waals surface area contributed by atoms with Gasteiger partial charge >= 0.3 is 6.18 Å². The Morgan fingerprint density at radius 1 is 1.25 bits per heavy atom. The highest BCUT2D eigenvalue weighted by Crippen LogP contribution is 2.31. The van der Waals surface area contributed by atoms with Crippen LogP contribution < -0.4 is 5.73 Å². The van der Waals surface area contributed by atoms with Crippen molar-refractivity contribution in [1.82, 2.24) is 9.80 Å². The second-order valence-corrected chi connectivity index (χ2v) is 7.83. The van der Waals surface area contributed by atoms with Crippen LogP contribution in [-0.4, -0.2) is 60.6 Å². The van der Waals surface area contributed by atoms with E-state index in [2.05, 4.69) is 15.9 Å². The maximum Gasteiger partial charge on any atom is 0.432 e. The molecule has 1 aromatic rings. The van der Waals surface area contributed by atoms with Gasteiger partial charge in [-0.05, 0) is 59.1 Å². The van der Waals surface area contributed by atoms with Crippen LogP contribution in [0.15, 0.2) is 52.8 Å². The number of nitrogens with two attached hydrogens (primary N) is 1. The van der Waals surface area contributed by atoms with E-state index < -0.39 is 28.3 Å². The zero-order valence-electron chi connectivity index (χ0n) is 17.9. The van der Waals surface area contributed by atoms with Crippen LogP contribution in [-0.2, 0) is 9.53 Å². The van der Waals surface area contributed by atoms with Crippen LogP contribution in [0, 0.1) is 0 Å². The van der Waals surface area contributed by atoms with Gasteiger partial charge in [-0.25, -0.2) is 0 Å². The Kier molecular flexibility index (Phi) is 8.68. The largest absolute Gasteiger partial charge is 0.432 e. The van der Waals surface area contributed by atoms with Crippen LogP contribution in [0.3, 0.4) is 0 Å². The van der Waals surface area contributed by atoms with Gasteiger partial charge in [-0.15, -0.1) is 0 Å². The van der Waals surface area contributed by atoms with Gasteiger partial charge in [0.15, 0.2) is 0 Å². The molecule has 1 unspecified atom stereocenters. The standard InChI is InChI=1S/C22H25BrF3N3O3/c1-4-28(12-13-32-3)20(30)16-9-7-15(8-10-16)17-6-5-11-29(14(17)2)21(31)18(23)19(27)22(24,25)26/h5-11,14H,4,12-13,27H2,1-3H3/b19-18+. The van der Waals surface area contributed by atoms with E-state index in [0.29, 0.717) is 30.8 Å². The topological polar surface area (TPSA) is 75.9 Å². The Labute approximate surface area is 193 Å². The quantitative estimate of drug-likeness (QED) is 0.555. The molecule has 1 atom stereocenters. The van der Waals surface area contributed by atoms with Crippen LogP contribution in [0.4, 0.5) is 13.2 Å². The van der Waals surface area contributed by atoms with Crippen LogP contribution in [0.5, 0.6) is 0 Å². The lowest BCUT2D eigenvalue weighted by Crippen LogP contribution is -2.38. The second-order valence-electron chi connectivity index (χ2n) is 7.03. The van der Waals surface area contributed by atoms with Crippen LogP contribution in [0.1, 0.15) is 29.8 Å². The molecule has 1 aliphatic rings. The number of nitrogens with zero attached hydrogens (tertiary/aromatic N) is 2. The molecule has 2 amide bonds. The molecule has 1 aliphatic heterocycles. The van der Waals surface area contributed by atoms with Crippen molar-refractivity contribution in [2.24, 2.45) is 5.73 Å². The summed E-state index contributed by atoms with van der Waals surface area (Å²) in [6.07, 6.45) is -0.0883. The zero-order chi connectivity index (χ0) is 24.1. The Morgan fingerprint density at radius 2 is 1.88 bits per heavy atom. The molecular formula is C22H25BrF3N3O3. The number of benzene rings is 1. The lowest BCUT2D eigenvalue weighted by molar-refractivity contribution is -0.126. The monoisotopic (exact) mass is 515 g/mol. The number of likely N-dealkylation sites (N-methyl/N-ethyl adjacent to an activating group) is 1. The normalized spacial score (nSPS) is 17.0. The SMILES string of the molecule is CCN(CCOC)C(=O)c1ccc(C2=CC=CN(C(=O)/C(Br)=C(\N)C(F)(F)F)C2C)cc1. The number of amides is 2. The van der Waals surface area contributed by atoms with E-state index in [1.807, 2.05) is 6.92 Å². The van der Waals surface area contributed by atoms with Gasteiger partial charge in [0, 0.05) is 32.0 Å².